The summed E-state index contributed by atoms with van der Waals surface area (Å²) in [5.74, 6) is 1.42. The third-order valence-electron chi connectivity index (χ3n) is 3.37. The summed E-state index contributed by atoms with van der Waals surface area (Å²) in [6.07, 6.45) is 2.16. The molecular formula is C15H26N2O. The van der Waals surface area contributed by atoms with Gasteiger partial charge in [-0.2, -0.15) is 0 Å². The highest BCUT2D eigenvalue weighted by atomic mass is 16.5. The largest absolute Gasteiger partial charge is 0.491 e. The van der Waals surface area contributed by atoms with Gasteiger partial charge in [-0.3, -0.25) is 0 Å². The van der Waals surface area contributed by atoms with Gasteiger partial charge in [-0.1, -0.05) is 27.2 Å². The Morgan fingerprint density at radius 3 is 2.61 bits per heavy atom. The minimum Gasteiger partial charge on any atom is -0.491 e. The first-order valence-electron chi connectivity index (χ1n) is 6.87. The van der Waals surface area contributed by atoms with Crippen LogP contribution < -0.4 is 15.8 Å². The van der Waals surface area contributed by atoms with Crippen molar-refractivity contribution in [2.45, 2.75) is 46.6 Å². The highest BCUT2D eigenvalue weighted by Crippen LogP contribution is 2.26. The number of hydrogen-bond donors (Lipinski definition) is 2. The minimum absolute atomic E-state index is 0.442. The summed E-state index contributed by atoms with van der Waals surface area (Å²) in [5, 5.41) is 3.50. The van der Waals surface area contributed by atoms with E-state index in [1.54, 1.807) is 0 Å². The van der Waals surface area contributed by atoms with Crippen LogP contribution in [-0.4, -0.2) is 12.6 Å². The van der Waals surface area contributed by atoms with Crippen molar-refractivity contribution in [1.29, 1.82) is 0 Å². The fourth-order valence-electron chi connectivity index (χ4n) is 1.72. The Morgan fingerprint density at radius 1 is 1.28 bits per heavy atom. The zero-order valence-electron chi connectivity index (χ0n) is 12.0. The van der Waals surface area contributed by atoms with E-state index in [1.807, 2.05) is 18.2 Å². The second kappa shape index (κ2) is 7.14. The van der Waals surface area contributed by atoms with Crippen LogP contribution in [0.5, 0.6) is 5.75 Å². The molecule has 2 atom stereocenters. The molecular weight excluding hydrogens is 224 g/mol. The molecule has 3 heteroatoms. The van der Waals surface area contributed by atoms with Gasteiger partial charge in [-0.05, 0) is 31.4 Å². The van der Waals surface area contributed by atoms with Crippen molar-refractivity contribution in [3.63, 3.8) is 0 Å². The SMILES string of the molecule is CCCOc1cc(NC(C)C(C)CC)ccc1N. The summed E-state index contributed by atoms with van der Waals surface area (Å²) in [6.45, 7) is 9.46. The first-order valence-corrected chi connectivity index (χ1v) is 6.87. The molecule has 0 aliphatic rings. The molecule has 1 aromatic rings. The Morgan fingerprint density at radius 2 is 2.00 bits per heavy atom. The Kier molecular flexibility index (Phi) is 5.83. The summed E-state index contributed by atoms with van der Waals surface area (Å²) >= 11 is 0. The van der Waals surface area contributed by atoms with Gasteiger partial charge in [0.15, 0.2) is 0 Å². The smallest absolute Gasteiger partial charge is 0.144 e. The van der Waals surface area contributed by atoms with Crippen molar-refractivity contribution in [1.82, 2.24) is 0 Å². The fourth-order valence-corrected chi connectivity index (χ4v) is 1.72. The zero-order valence-corrected chi connectivity index (χ0v) is 12.0. The zero-order chi connectivity index (χ0) is 13.5. The van der Waals surface area contributed by atoms with E-state index < -0.39 is 0 Å². The van der Waals surface area contributed by atoms with Crippen molar-refractivity contribution in [2.24, 2.45) is 5.92 Å². The van der Waals surface area contributed by atoms with Crippen molar-refractivity contribution in [3.8, 4) is 5.75 Å². The number of nitrogens with one attached hydrogen (secondary N) is 1. The lowest BCUT2D eigenvalue weighted by Gasteiger charge is -2.21. The topological polar surface area (TPSA) is 47.3 Å². The van der Waals surface area contributed by atoms with E-state index in [-0.39, 0.29) is 0 Å². The van der Waals surface area contributed by atoms with Gasteiger partial charge in [0.1, 0.15) is 5.75 Å². The summed E-state index contributed by atoms with van der Waals surface area (Å²) in [6, 6.07) is 6.34. The highest BCUT2D eigenvalue weighted by Gasteiger charge is 2.10. The van der Waals surface area contributed by atoms with Gasteiger partial charge in [0.05, 0.1) is 12.3 Å². The Labute approximate surface area is 111 Å². The lowest BCUT2D eigenvalue weighted by atomic mass is 10.0. The van der Waals surface area contributed by atoms with Gasteiger partial charge < -0.3 is 15.8 Å². The standard InChI is InChI=1S/C15H26N2O/c1-5-9-18-15-10-13(7-8-14(15)16)17-12(4)11(3)6-2/h7-8,10-12,17H,5-6,9,16H2,1-4H3. The van der Waals surface area contributed by atoms with Gasteiger partial charge in [-0.25, -0.2) is 0 Å². The van der Waals surface area contributed by atoms with Crippen LogP contribution >= 0.6 is 0 Å². The maximum absolute atomic E-state index is 5.89. The summed E-state index contributed by atoms with van der Waals surface area (Å²) in [4.78, 5) is 0. The van der Waals surface area contributed by atoms with Crippen LogP contribution in [0.1, 0.15) is 40.5 Å². The lowest BCUT2D eigenvalue weighted by molar-refractivity contribution is 0.319. The fraction of sp³-hybridized carbons (Fsp3) is 0.600. The summed E-state index contributed by atoms with van der Waals surface area (Å²) < 4.78 is 5.63. The summed E-state index contributed by atoms with van der Waals surface area (Å²) in [5.41, 5.74) is 7.67. The third-order valence-corrected chi connectivity index (χ3v) is 3.37. The van der Waals surface area contributed by atoms with Gasteiger partial charge in [0.25, 0.3) is 0 Å². The second-order valence-corrected chi connectivity index (χ2v) is 4.92. The van der Waals surface area contributed by atoms with Gasteiger partial charge >= 0.3 is 0 Å². The molecule has 0 radical (unpaired) electrons. The molecule has 0 aliphatic heterocycles. The van der Waals surface area contributed by atoms with Crippen LogP contribution in [-0.2, 0) is 0 Å². The van der Waals surface area contributed by atoms with Gasteiger partial charge in [-0.15, -0.1) is 0 Å². The summed E-state index contributed by atoms with van der Waals surface area (Å²) in [7, 11) is 0. The molecule has 3 N–H and O–H groups in total. The molecule has 0 spiro atoms. The minimum atomic E-state index is 0.442. The second-order valence-electron chi connectivity index (χ2n) is 4.92. The van der Waals surface area contributed by atoms with Crippen molar-refractivity contribution >= 4 is 11.4 Å². The molecule has 0 fully saturated rings. The average molecular weight is 250 g/mol. The molecule has 0 aromatic heterocycles. The van der Waals surface area contributed by atoms with Crippen LogP contribution in [0.15, 0.2) is 18.2 Å². The molecule has 0 saturated carbocycles. The monoisotopic (exact) mass is 250 g/mol. The van der Waals surface area contributed by atoms with Crippen molar-refractivity contribution in [3.05, 3.63) is 18.2 Å². The van der Waals surface area contributed by atoms with E-state index in [2.05, 4.69) is 33.0 Å². The first kappa shape index (κ1) is 14.7. The lowest BCUT2D eigenvalue weighted by Crippen LogP contribution is -2.23. The van der Waals surface area contributed by atoms with E-state index in [0.29, 0.717) is 24.3 Å². The first-order chi connectivity index (χ1) is 8.58. The number of anilines is 2. The van der Waals surface area contributed by atoms with E-state index in [9.17, 15) is 0 Å². The van der Waals surface area contributed by atoms with Crippen LogP contribution in [0.2, 0.25) is 0 Å². The molecule has 0 aliphatic carbocycles. The van der Waals surface area contributed by atoms with Crippen LogP contribution in [0.25, 0.3) is 0 Å². The Bertz CT molecular complexity index is 366. The number of hydrogen-bond acceptors (Lipinski definition) is 3. The molecule has 3 nitrogen and oxygen atoms in total. The van der Waals surface area contributed by atoms with E-state index in [4.69, 9.17) is 10.5 Å². The van der Waals surface area contributed by atoms with Crippen LogP contribution in [0.3, 0.4) is 0 Å². The molecule has 2 unspecified atom stereocenters. The predicted octanol–water partition coefficient (Wildman–Crippen LogP) is 3.90. The van der Waals surface area contributed by atoms with Crippen molar-refractivity contribution in [2.75, 3.05) is 17.7 Å². The van der Waals surface area contributed by atoms with E-state index in [0.717, 1.165) is 17.9 Å². The highest BCUT2D eigenvalue weighted by molar-refractivity contribution is 5.61. The maximum atomic E-state index is 5.89. The molecule has 1 rings (SSSR count). The molecule has 0 amide bonds. The third kappa shape index (κ3) is 4.13. The number of nitrogen functional groups attached to an aromatic ring is 1. The van der Waals surface area contributed by atoms with E-state index in [1.165, 1.54) is 6.42 Å². The number of ether oxygens (including phenoxy) is 1. The number of nitrogens with two attached hydrogens (primary N) is 1. The molecule has 0 saturated heterocycles. The van der Waals surface area contributed by atoms with Gasteiger partial charge in [0, 0.05) is 17.8 Å². The average Bonchev–Trinajstić information content (AvgIpc) is 2.38. The quantitative estimate of drug-likeness (QED) is 0.721. The molecule has 0 bridgehead atoms. The van der Waals surface area contributed by atoms with Gasteiger partial charge in [0.2, 0.25) is 0 Å². The van der Waals surface area contributed by atoms with Crippen LogP contribution in [0, 0.1) is 5.92 Å². The Balaban J connectivity index is 2.72. The number of rotatable bonds is 7. The molecule has 0 heterocycles. The van der Waals surface area contributed by atoms with Crippen LogP contribution in [0.4, 0.5) is 11.4 Å². The Hall–Kier alpha value is -1.38. The maximum Gasteiger partial charge on any atom is 0.144 e. The predicted molar refractivity (Wildman–Crippen MR) is 79.2 cm³/mol. The molecule has 18 heavy (non-hydrogen) atoms. The normalized spacial score (nSPS) is 14.0. The molecule has 1 aromatic carbocycles. The van der Waals surface area contributed by atoms with Crippen molar-refractivity contribution < 1.29 is 4.74 Å². The number of benzene rings is 1. The molecule has 102 valence electrons. The van der Waals surface area contributed by atoms with E-state index >= 15 is 0 Å².